The molecule has 8 heteroatoms. The van der Waals surface area contributed by atoms with Gasteiger partial charge in [-0.1, -0.05) is 34.8 Å². The molecule has 22 heavy (non-hydrogen) atoms. The first-order valence-corrected chi connectivity index (χ1v) is 8.07. The fraction of sp³-hybridized carbons (Fsp3) is 0.429. The van der Waals surface area contributed by atoms with Crippen molar-refractivity contribution in [2.75, 3.05) is 11.4 Å². The Balaban J connectivity index is 0.000000188. The minimum Gasteiger partial charge on any atom is -0.353 e. The zero-order valence-corrected chi connectivity index (χ0v) is 14.4. The van der Waals surface area contributed by atoms with Crippen LogP contribution in [0.1, 0.15) is 26.2 Å². The predicted molar refractivity (Wildman–Crippen MR) is 89.8 cm³/mol. The highest BCUT2D eigenvalue weighted by molar-refractivity contribution is 6.32. The maximum atomic E-state index is 5.81. The van der Waals surface area contributed by atoms with Crippen LogP contribution in [0.25, 0.3) is 0 Å². The van der Waals surface area contributed by atoms with E-state index in [9.17, 15) is 0 Å². The van der Waals surface area contributed by atoms with Crippen molar-refractivity contribution < 1.29 is 0 Å². The van der Waals surface area contributed by atoms with E-state index in [2.05, 4.69) is 31.8 Å². The molecular formula is C14H16Cl3N5. The van der Waals surface area contributed by atoms with Gasteiger partial charge in [0.2, 0.25) is 0 Å². The second kappa shape index (κ2) is 8.46. The van der Waals surface area contributed by atoms with E-state index in [-0.39, 0.29) is 0 Å². The maximum Gasteiger partial charge on any atom is 0.149 e. The Labute approximate surface area is 144 Å². The van der Waals surface area contributed by atoms with Crippen molar-refractivity contribution in [3.8, 4) is 0 Å². The Kier molecular flexibility index (Phi) is 6.61. The molecule has 1 aliphatic heterocycles. The molecule has 2 aromatic rings. The molecule has 3 heterocycles. The third kappa shape index (κ3) is 5.23. The Hall–Kier alpha value is -1.17. The first-order valence-electron chi connectivity index (χ1n) is 6.93. The molecule has 0 N–H and O–H groups in total. The number of rotatable bonds is 1. The summed E-state index contributed by atoms with van der Waals surface area (Å²) in [6.07, 6.45) is 9.98. The smallest absolute Gasteiger partial charge is 0.149 e. The molecule has 0 bridgehead atoms. The summed E-state index contributed by atoms with van der Waals surface area (Å²) in [5.74, 6) is 0.907. The minimum atomic E-state index is 0.317. The fourth-order valence-electron chi connectivity index (χ4n) is 2.23. The van der Waals surface area contributed by atoms with Gasteiger partial charge in [-0.05, 0) is 26.2 Å². The predicted octanol–water partition coefficient (Wildman–Crippen LogP) is 4.29. The highest BCUT2D eigenvalue weighted by Crippen LogP contribution is 2.22. The van der Waals surface area contributed by atoms with Gasteiger partial charge in [-0.15, -0.1) is 0 Å². The van der Waals surface area contributed by atoms with E-state index in [4.69, 9.17) is 34.8 Å². The quantitative estimate of drug-likeness (QED) is 0.759. The molecule has 1 unspecified atom stereocenters. The molecule has 0 amide bonds. The molecule has 2 aromatic heterocycles. The van der Waals surface area contributed by atoms with Crippen LogP contribution in [0.3, 0.4) is 0 Å². The summed E-state index contributed by atoms with van der Waals surface area (Å²) in [6, 6.07) is 0.552. The summed E-state index contributed by atoms with van der Waals surface area (Å²) in [6.45, 7) is 3.29. The SMILES string of the molecule is CC1CCCCN1c1cncc(Cl)n1.Clc1cncc(Cl)n1. The van der Waals surface area contributed by atoms with Gasteiger partial charge in [0.1, 0.15) is 21.3 Å². The second-order valence-electron chi connectivity index (χ2n) is 4.90. The molecule has 0 saturated carbocycles. The standard InChI is InChI=1S/C10H14ClN3.C4H2Cl2N2/c1-8-4-2-3-5-14(8)10-7-12-6-9(11)13-10;5-3-1-7-2-4(6)8-3/h6-8H,2-5H2,1H3;1-2H. The molecule has 0 aliphatic carbocycles. The van der Waals surface area contributed by atoms with Crippen molar-refractivity contribution in [1.29, 1.82) is 0 Å². The molecule has 118 valence electrons. The molecule has 3 rings (SSSR count). The third-order valence-electron chi connectivity index (χ3n) is 3.27. The summed E-state index contributed by atoms with van der Waals surface area (Å²) >= 11 is 16.6. The van der Waals surface area contributed by atoms with Crippen LogP contribution in [0.2, 0.25) is 15.5 Å². The Morgan fingerprint density at radius 2 is 1.50 bits per heavy atom. The van der Waals surface area contributed by atoms with Crippen LogP contribution in [0.5, 0.6) is 0 Å². The average Bonchev–Trinajstić information content (AvgIpc) is 2.48. The van der Waals surface area contributed by atoms with Gasteiger partial charge in [-0.3, -0.25) is 9.97 Å². The molecule has 1 saturated heterocycles. The largest absolute Gasteiger partial charge is 0.353 e. The molecule has 1 fully saturated rings. The molecule has 1 atom stereocenters. The van der Waals surface area contributed by atoms with Crippen molar-refractivity contribution in [1.82, 2.24) is 19.9 Å². The summed E-state index contributed by atoms with van der Waals surface area (Å²) in [5, 5.41) is 1.11. The van der Waals surface area contributed by atoms with Crippen molar-refractivity contribution in [2.24, 2.45) is 0 Å². The monoisotopic (exact) mass is 359 g/mol. The highest BCUT2D eigenvalue weighted by atomic mass is 35.5. The van der Waals surface area contributed by atoms with Crippen molar-refractivity contribution in [3.05, 3.63) is 40.2 Å². The van der Waals surface area contributed by atoms with Crippen LogP contribution in [-0.2, 0) is 0 Å². The topological polar surface area (TPSA) is 54.8 Å². The molecule has 0 radical (unpaired) electrons. The van der Waals surface area contributed by atoms with Crippen molar-refractivity contribution >= 4 is 40.6 Å². The number of hydrogen-bond donors (Lipinski definition) is 0. The van der Waals surface area contributed by atoms with Gasteiger partial charge in [0.15, 0.2) is 0 Å². The lowest BCUT2D eigenvalue weighted by Gasteiger charge is -2.34. The summed E-state index contributed by atoms with van der Waals surface area (Å²) in [7, 11) is 0. The normalized spacial score (nSPS) is 17.6. The van der Waals surface area contributed by atoms with Crippen molar-refractivity contribution in [3.63, 3.8) is 0 Å². The minimum absolute atomic E-state index is 0.317. The lowest BCUT2D eigenvalue weighted by atomic mass is 10.0. The van der Waals surface area contributed by atoms with Gasteiger partial charge in [0, 0.05) is 12.6 Å². The van der Waals surface area contributed by atoms with E-state index in [1.165, 1.54) is 31.7 Å². The summed E-state index contributed by atoms with van der Waals surface area (Å²) in [4.78, 5) is 17.9. The first-order chi connectivity index (χ1) is 10.6. The van der Waals surface area contributed by atoms with Crippen LogP contribution in [0.15, 0.2) is 24.8 Å². The summed E-state index contributed by atoms with van der Waals surface area (Å²) < 4.78 is 0. The van der Waals surface area contributed by atoms with Crippen LogP contribution in [-0.4, -0.2) is 32.5 Å². The zero-order valence-electron chi connectivity index (χ0n) is 12.1. The molecule has 0 aromatic carbocycles. The molecule has 0 spiro atoms. The van der Waals surface area contributed by atoms with E-state index >= 15 is 0 Å². The fourth-order valence-corrected chi connectivity index (χ4v) is 2.71. The van der Waals surface area contributed by atoms with E-state index in [1.807, 2.05) is 0 Å². The zero-order chi connectivity index (χ0) is 15.9. The van der Waals surface area contributed by atoms with Gasteiger partial charge >= 0.3 is 0 Å². The van der Waals surface area contributed by atoms with Crippen LogP contribution >= 0.6 is 34.8 Å². The molecule has 5 nitrogen and oxygen atoms in total. The van der Waals surface area contributed by atoms with Crippen LogP contribution in [0, 0.1) is 0 Å². The average molecular weight is 361 g/mol. The maximum absolute atomic E-state index is 5.81. The number of aromatic nitrogens is 4. The van der Waals surface area contributed by atoms with Gasteiger partial charge in [-0.2, -0.15) is 0 Å². The van der Waals surface area contributed by atoms with Gasteiger partial charge in [0.05, 0.1) is 24.8 Å². The summed E-state index contributed by atoms with van der Waals surface area (Å²) in [5.41, 5.74) is 0. The van der Waals surface area contributed by atoms with Gasteiger partial charge < -0.3 is 4.90 Å². The van der Waals surface area contributed by atoms with E-state index in [0.29, 0.717) is 21.5 Å². The lowest BCUT2D eigenvalue weighted by molar-refractivity contribution is 0.481. The van der Waals surface area contributed by atoms with Gasteiger partial charge in [-0.25, -0.2) is 9.97 Å². The van der Waals surface area contributed by atoms with E-state index in [1.54, 1.807) is 12.4 Å². The number of piperidine rings is 1. The molecule has 1 aliphatic rings. The van der Waals surface area contributed by atoms with Crippen LogP contribution in [0.4, 0.5) is 5.82 Å². The Morgan fingerprint density at radius 1 is 0.909 bits per heavy atom. The number of halogens is 3. The van der Waals surface area contributed by atoms with Crippen molar-refractivity contribution in [2.45, 2.75) is 32.2 Å². The number of nitrogens with zero attached hydrogens (tertiary/aromatic N) is 5. The molecular weight excluding hydrogens is 345 g/mol. The van der Waals surface area contributed by atoms with Crippen LogP contribution < -0.4 is 4.90 Å². The Morgan fingerprint density at radius 3 is 2.00 bits per heavy atom. The number of hydrogen-bond acceptors (Lipinski definition) is 5. The third-order valence-corrected chi connectivity index (χ3v) is 3.81. The van der Waals surface area contributed by atoms with E-state index < -0.39 is 0 Å². The highest BCUT2D eigenvalue weighted by Gasteiger charge is 2.19. The Bertz CT molecular complexity index is 593. The van der Waals surface area contributed by atoms with Gasteiger partial charge in [0.25, 0.3) is 0 Å². The number of anilines is 1. The first kappa shape index (κ1) is 17.2. The lowest BCUT2D eigenvalue weighted by Crippen LogP contribution is -2.38. The van der Waals surface area contributed by atoms with E-state index in [0.717, 1.165) is 12.4 Å². The second-order valence-corrected chi connectivity index (χ2v) is 6.06.